The fraction of sp³-hybridized carbons (Fsp3) is 0.312. The summed E-state index contributed by atoms with van der Waals surface area (Å²) in [5.74, 6) is -0.546. The Morgan fingerprint density at radius 1 is 1.24 bits per heavy atom. The van der Waals surface area contributed by atoms with Crippen molar-refractivity contribution >= 4 is 28.3 Å². The minimum atomic E-state index is -1.24. The molecule has 0 aliphatic carbocycles. The molecule has 0 fully saturated rings. The Hall–Kier alpha value is -1.62. The van der Waals surface area contributed by atoms with Crippen LogP contribution in [0.5, 0.6) is 0 Å². The van der Waals surface area contributed by atoms with Crippen LogP contribution in [-0.4, -0.2) is 28.9 Å². The predicted molar refractivity (Wildman–Crippen MR) is 81.2 cm³/mol. The van der Waals surface area contributed by atoms with E-state index in [2.05, 4.69) is 0 Å². The summed E-state index contributed by atoms with van der Waals surface area (Å²) in [4.78, 5) is 11.4. The monoisotopic (exact) mass is 308 g/mol. The van der Waals surface area contributed by atoms with E-state index in [9.17, 15) is 15.0 Å². The Kier molecular flexibility index (Phi) is 5.17. The molecular formula is C16H17ClO4. The molecular weight excluding hydrogens is 292 g/mol. The maximum absolute atomic E-state index is 11.4. The minimum Gasteiger partial charge on any atom is -0.466 e. The van der Waals surface area contributed by atoms with E-state index in [-0.39, 0.29) is 13.0 Å². The molecule has 0 bridgehead atoms. The fourth-order valence-corrected chi connectivity index (χ4v) is 2.57. The van der Waals surface area contributed by atoms with E-state index in [1.807, 2.05) is 18.2 Å². The lowest BCUT2D eigenvalue weighted by Crippen LogP contribution is -2.23. The Balaban J connectivity index is 2.31. The summed E-state index contributed by atoms with van der Waals surface area (Å²) in [7, 11) is 0. The van der Waals surface area contributed by atoms with E-state index in [0.29, 0.717) is 16.0 Å². The lowest BCUT2D eigenvalue weighted by Gasteiger charge is -2.19. The van der Waals surface area contributed by atoms with Crippen LogP contribution in [0.3, 0.4) is 0 Å². The van der Waals surface area contributed by atoms with Crippen LogP contribution in [-0.2, 0) is 9.53 Å². The molecule has 2 rings (SSSR count). The molecule has 0 aliphatic rings. The number of hydrogen-bond acceptors (Lipinski definition) is 4. The van der Waals surface area contributed by atoms with Crippen molar-refractivity contribution in [3.8, 4) is 0 Å². The van der Waals surface area contributed by atoms with Gasteiger partial charge in [-0.3, -0.25) is 4.79 Å². The summed E-state index contributed by atoms with van der Waals surface area (Å²) in [6.45, 7) is 1.92. The van der Waals surface area contributed by atoms with Crippen molar-refractivity contribution in [3.05, 3.63) is 47.0 Å². The third kappa shape index (κ3) is 3.53. The van der Waals surface area contributed by atoms with Gasteiger partial charge in [0.15, 0.2) is 0 Å². The zero-order valence-corrected chi connectivity index (χ0v) is 12.4. The molecule has 0 saturated heterocycles. The highest BCUT2D eigenvalue weighted by Gasteiger charge is 2.24. The van der Waals surface area contributed by atoms with Gasteiger partial charge in [0.25, 0.3) is 0 Å². The number of esters is 1. The van der Waals surface area contributed by atoms with Gasteiger partial charge in [-0.15, -0.1) is 0 Å². The number of carbonyl (C=O) groups excluding carboxylic acids is 1. The topological polar surface area (TPSA) is 66.8 Å². The average Bonchev–Trinajstić information content (AvgIpc) is 2.46. The van der Waals surface area contributed by atoms with E-state index in [4.69, 9.17) is 16.3 Å². The highest BCUT2D eigenvalue weighted by molar-refractivity contribution is 6.35. The van der Waals surface area contributed by atoms with E-state index in [1.165, 1.54) is 0 Å². The lowest BCUT2D eigenvalue weighted by atomic mass is 9.96. The molecule has 2 unspecified atom stereocenters. The van der Waals surface area contributed by atoms with Gasteiger partial charge in [0.05, 0.1) is 19.1 Å². The lowest BCUT2D eigenvalue weighted by molar-refractivity contribution is -0.147. The molecule has 0 heterocycles. The highest BCUT2D eigenvalue weighted by atomic mass is 35.5. The first-order chi connectivity index (χ1) is 10.0. The van der Waals surface area contributed by atoms with Crippen LogP contribution in [0.15, 0.2) is 36.4 Å². The number of rotatable bonds is 5. The number of benzene rings is 2. The molecule has 2 atom stereocenters. The van der Waals surface area contributed by atoms with Crippen LogP contribution in [0, 0.1) is 0 Å². The Labute approximate surface area is 127 Å². The summed E-state index contributed by atoms with van der Waals surface area (Å²) in [6, 6.07) is 10.7. The molecule has 21 heavy (non-hydrogen) atoms. The third-order valence-electron chi connectivity index (χ3n) is 3.25. The van der Waals surface area contributed by atoms with Crippen molar-refractivity contribution in [2.24, 2.45) is 0 Å². The maximum atomic E-state index is 11.4. The van der Waals surface area contributed by atoms with Crippen molar-refractivity contribution in [3.63, 3.8) is 0 Å². The van der Waals surface area contributed by atoms with Crippen LogP contribution in [0.25, 0.3) is 10.8 Å². The van der Waals surface area contributed by atoms with E-state index in [0.717, 1.165) is 5.39 Å². The molecule has 5 heteroatoms. The van der Waals surface area contributed by atoms with Crippen LogP contribution in [0.1, 0.15) is 25.0 Å². The summed E-state index contributed by atoms with van der Waals surface area (Å²) in [5, 5.41) is 22.4. The van der Waals surface area contributed by atoms with Gasteiger partial charge in [-0.2, -0.15) is 0 Å². The van der Waals surface area contributed by atoms with Gasteiger partial charge < -0.3 is 14.9 Å². The molecule has 112 valence electrons. The van der Waals surface area contributed by atoms with Gasteiger partial charge in [-0.05, 0) is 23.9 Å². The molecule has 0 aromatic heterocycles. The molecule has 0 radical (unpaired) electrons. The second-order valence-corrected chi connectivity index (χ2v) is 5.11. The first kappa shape index (κ1) is 15.8. The predicted octanol–water partition coefficient (Wildman–Crippen LogP) is 2.84. The number of aliphatic hydroxyl groups is 2. The number of hydrogen-bond donors (Lipinski definition) is 2. The SMILES string of the molecule is CCOC(=O)CC(O)C(O)c1cccc2cccc(Cl)c12. The number of halogens is 1. The largest absolute Gasteiger partial charge is 0.466 e. The standard InChI is InChI=1S/C16H17ClO4/c1-2-21-14(19)9-13(18)16(20)11-7-3-5-10-6-4-8-12(17)15(10)11/h3-8,13,16,18,20H,2,9H2,1H3. The maximum Gasteiger partial charge on any atom is 0.308 e. The van der Waals surface area contributed by atoms with Crippen molar-refractivity contribution in [1.82, 2.24) is 0 Å². The molecule has 4 nitrogen and oxygen atoms in total. The summed E-state index contributed by atoms with van der Waals surface area (Å²) in [5.41, 5.74) is 0.495. The van der Waals surface area contributed by atoms with Gasteiger partial charge >= 0.3 is 5.97 Å². The van der Waals surface area contributed by atoms with E-state index >= 15 is 0 Å². The summed E-state index contributed by atoms with van der Waals surface area (Å²) >= 11 is 6.18. The van der Waals surface area contributed by atoms with Crippen molar-refractivity contribution < 1.29 is 19.7 Å². The second-order valence-electron chi connectivity index (χ2n) is 4.71. The van der Waals surface area contributed by atoms with E-state index in [1.54, 1.807) is 25.1 Å². The van der Waals surface area contributed by atoms with Crippen LogP contribution < -0.4 is 0 Å². The first-order valence-electron chi connectivity index (χ1n) is 6.73. The molecule has 0 aliphatic heterocycles. The summed E-state index contributed by atoms with van der Waals surface area (Å²) in [6.07, 6.45) is -2.72. The van der Waals surface area contributed by atoms with E-state index < -0.39 is 18.2 Å². The van der Waals surface area contributed by atoms with Gasteiger partial charge in [-0.25, -0.2) is 0 Å². The fourth-order valence-electron chi connectivity index (χ4n) is 2.28. The first-order valence-corrected chi connectivity index (χ1v) is 7.11. The van der Waals surface area contributed by atoms with Crippen molar-refractivity contribution in [1.29, 1.82) is 0 Å². The van der Waals surface area contributed by atoms with Gasteiger partial charge in [-0.1, -0.05) is 41.9 Å². The molecule has 0 amide bonds. The van der Waals surface area contributed by atoms with Gasteiger partial charge in [0.2, 0.25) is 0 Å². The van der Waals surface area contributed by atoms with Gasteiger partial charge in [0, 0.05) is 10.4 Å². The quantitative estimate of drug-likeness (QED) is 0.834. The van der Waals surface area contributed by atoms with Crippen LogP contribution >= 0.6 is 11.6 Å². The average molecular weight is 309 g/mol. The Morgan fingerprint density at radius 3 is 2.57 bits per heavy atom. The normalized spacial score (nSPS) is 13.9. The number of ether oxygens (including phenoxy) is 1. The molecule has 2 aromatic carbocycles. The second kappa shape index (κ2) is 6.89. The summed E-state index contributed by atoms with van der Waals surface area (Å²) < 4.78 is 4.77. The van der Waals surface area contributed by atoms with Crippen molar-refractivity contribution in [2.45, 2.75) is 25.6 Å². The molecule has 0 spiro atoms. The van der Waals surface area contributed by atoms with Crippen molar-refractivity contribution in [2.75, 3.05) is 6.61 Å². The highest BCUT2D eigenvalue weighted by Crippen LogP contribution is 2.32. The number of carbonyl (C=O) groups is 1. The zero-order valence-electron chi connectivity index (χ0n) is 11.6. The molecule has 2 N–H and O–H groups in total. The Morgan fingerprint density at radius 2 is 1.90 bits per heavy atom. The minimum absolute atomic E-state index is 0.238. The van der Waals surface area contributed by atoms with Crippen LogP contribution in [0.2, 0.25) is 5.02 Å². The zero-order chi connectivity index (χ0) is 15.4. The molecule has 0 saturated carbocycles. The smallest absolute Gasteiger partial charge is 0.308 e. The molecule has 2 aromatic rings. The number of aliphatic hydroxyl groups excluding tert-OH is 2. The number of fused-ring (bicyclic) bond motifs is 1. The third-order valence-corrected chi connectivity index (χ3v) is 3.57. The Bertz CT molecular complexity index is 636. The van der Waals surface area contributed by atoms with Gasteiger partial charge in [0.1, 0.15) is 6.10 Å². The van der Waals surface area contributed by atoms with Crippen LogP contribution in [0.4, 0.5) is 0 Å².